The van der Waals surface area contributed by atoms with Crippen molar-refractivity contribution in [2.24, 2.45) is 0 Å². The number of aryl methyl sites for hydroxylation is 1. The molecule has 146 valence electrons. The Bertz CT molecular complexity index is 805. The fraction of sp³-hybridized carbons (Fsp3) is 0.500. The number of nitrogens with one attached hydrogen (secondary N) is 2. The highest BCUT2D eigenvalue weighted by Crippen LogP contribution is 2.24. The summed E-state index contributed by atoms with van der Waals surface area (Å²) in [5.74, 6) is 0.367. The summed E-state index contributed by atoms with van der Waals surface area (Å²) in [5, 5.41) is 7.61. The van der Waals surface area contributed by atoms with Crippen molar-refractivity contribution in [2.45, 2.75) is 33.1 Å². The van der Waals surface area contributed by atoms with Crippen molar-refractivity contribution in [1.29, 1.82) is 0 Å². The van der Waals surface area contributed by atoms with Crippen molar-refractivity contribution >= 4 is 29.1 Å². The summed E-state index contributed by atoms with van der Waals surface area (Å²) in [7, 11) is 0. The van der Waals surface area contributed by atoms with Crippen molar-refractivity contribution in [1.82, 2.24) is 5.16 Å². The van der Waals surface area contributed by atoms with Gasteiger partial charge in [0.2, 0.25) is 5.88 Å². The molecule has 1 aromatic carbocycles. The Morgan fingerprint density at radius 1 is 1.30 bits per heavy atom. The first-order chi connectivity index (χ1) is 12.7. The zero-order valence-corrected chi connectivity index (χ0v) is 17.2. The predicted octanol–water partition coefficient (Wildman–Crippen LogP) is 2.28. The van der Waals surface area contributed by atoms with Gasteiger partial charge in [-0.25, -0.2) is 0 Å². The fourth-order valence-electron chi connectivity index (χ4n) is 3.26. The van der Waals surface area contributed by atoms with Crippen LogP contribution < -0.4 is 15.1 Å². The highest BCUT2D eigenvalue weighted by molar-refractivity contribution is 6.30. The van der Waals surface area contributed by atoms with Crippen LogP contribution in [0, 0.1) is 6.92 Å². The summed E-state index contributed by atoms with van der Waals surface area (Å²) in [6, 6.07) is 7.78. The van der Waals surface area contributed by atoms with Gasteiger partial charge in [-0.3, -0.25) is 10.1 Å². The van der Waals surface area contributed by atoms with Crippen LogP contribution in [0.5, 0.6) is 0 Å². The average molecular weight is 392 g/mol. The Kier molecular flexibility index (Phi) is 5.77. The Morgan fingerprint density at radius 3 is 2.63 bits per heavy atom. The molecule has 2 aromatic rings. The van der Waals surface area contributed by atoms with Gasteiger partial charge in [-0.05, 0) is 24.6 Å². The van der Waals surface area contributed by atoms with Crippen LogP contribution in [0.2, 0.25) is 5.02 Å². The number of quaternary nitrogens is 1. The van der Waals surface area contributed by atoms with E-state index >= 15 is 0 Å². The summed E-state index contributed by atoms with van der Waals surface area (Å²) in [4.78, 5) is 15.9. The van der Waals surface area contributed by atoms with Gasteiger partial charge < -0.3 is 14.3 Å². The van der Waals surface area contributed by atoms with E-state index in [0.717, 1.165) is 36.9 Å². The molecule has 6 nitrogen and oxygen atoms in total. The van der Waals surface area contributed by atoms with Crippen LogP contribution in [-0.2, 0) is 10.2 Å². The van der Waals surface area contributed by atoms with Crippen LogP contribution in [0.3, 0.4) is 0 Å². The summed E-state index contributed by atoms with van der Waals surface area (Å²) in [5.41, 5.74) is 3.13. The quantitative estimate of drug-likeness (QED) is 0.839. The molecule has 0 unspecified atom stereocenters. The van der Waals surface area contributed by atoms with E-state index in [1.54, 1.807) is 6.07 Å². The van der Waals surface area contributed by atoms with Crippen molar-refractivity contribution < 1.29 is 14.2 Å². The number of anilines is 2. The van der Waals surface area contributed by atoms with Gasteiger partial charge in [0.25, 0.3) is 5.91 Å². The number of halogens is 1. The van der Waals surface area contributed by atoms with Gasteiger partial charge in [-0.2, -0.15) is 0 Å². The molecule has 2 N–H and O–H groups in total. The van der Waals surface area contributed by atoms with Crippen LogP contribution in [0.15, 0.2) is 28.8 Å². The number of rotatable bonds is 4. The number of hydrogen-bond donors (Lipinski definition) is 2. The fourth-order valence-corrected chi connectivity index (χ4v) is 3.43. The SMILES string of the molecule is Cc1ccc(Cl)cc1N1CC[NH+](CC(=O)Nc2cc(C(C)(C)C)no2)CC1. The first-order valence-electron chi connectivity index (χ1n) is 9.34. The van der Waals surface area contributed by atoms with Crippen LogP contribution in [0.4, 0.5) is 11.6 Å². The van der Waals surface area contributed by atoms with Crippen molar-refractivity contribution in [2.75, 3.05) is 42.9 Å². The molecular formula is C20H28ClN4O2+. The Labute approximate surface area is 165 Å². The lowest BCUT2D eigenvalue weighted by Crippen LogP contribution is -3.15. The molecule has 1 saturated heterocycles. The molecule has 0 atom stereocenters. The minimum absolute atomic E-state index is 0.0472. The van der Waals surface area contributed by atoms with Crippen molar-refractivity contribution in [3.8, 4) is 0 Å². The molecule has 0 spiro atoms. The highest BCUT2D eigenvalue weighted by atomic mass is 35.5. The van der Waals surface area contributed by atoms with Gasteiger partial charge in [0, 0.05) is 22.2 Å². The third-order valence-electron chi connectivity index (χ3n) is 4.93. The van der Waals surface area contributed by atoms with Gasteiger partial charge in [-0.15, -0.1) is 0 Å². The summed E-state index contributed by atoms with van der Waals surface area (Å²) < 4.78 is 5.24. The number of benzene rings is 1. The summed E-state index contributed by atoms with van der Waals surface area (Å²) in [6.45, 7) is 12.3. The second-order valence-electron chi connectivity index (χ2n) is 8.22. The number of aromatic nitrogens is 1. The topological polar surface area (TPSA) is 62.8 Å². The number of piperazine rings is 1. The van der Waals surface area contributed by atoms with Crippen LogP contribution in [-0.4, -0.2) is 43.8 Å². The first kappa shape index (κ1) is 19.7. The van der Waals surface area contributed by atoms with E-state index in [4.69, 9.17) is 16.1 Å². The van der Waals surface area contributed by atoms with Gasteiger partial charge >= 0.3 is 0 Å². The molecule has 7 heteroatoms. The third kappa shape index (κ3) is 5.02. The van der Waals surface area contributed by atoms with Crippen LogP contribution in [0.25, 0.3) is 0 Å². The van der Waals surface area contributed by atoms with E-state index in [1.807, 2.05) is 18.2 Å². The molecule has 1 aliphatic rings. The Balaban J connectivity index is 1.51. The Hall–Kier alpha value is -2.05. The number of carbonyl (C=O) groups excluding carboxylic acids is 1. The lowest BCUT2D eigenvalue weighted by Gasteiger charge is -2.34. The molecule has 1 aromatic heterocycles. The van der Waals surface area contributed by atoms with E-state index in [1.165, 1.54) is 16.2 Å². The Morgan fingerprint density at radius 2 is 2.00 bits per heavy atom. The maximum absolute atomic E-state index is 12.3. The average Bonchev–Trinajstić information content (AvgIpc) is 3.06. The highest BCUT2D eigenvalue weighted by Gasteiger charge is 2.24. The molecule has 0 saturated carbocycles. The van der Waals surface area contributed by atoms with Gasteiger partial charge in [0.15, 0.2) is 6.54 Å². The van der Waals surface area contributed by atoms with Crippen LogP contribution in [0.1, 0.15) is 32.0 Å². The van der Waals surface area contributed by atoms with E-state index in [2.05, 4.69) is 43.1 Å². The summed E-state index contributed by atoms with van der Waals surface area (Å²) in [6.07, 6.45) is 0. The van der Waals surface area contributed by atoms with Crippen molar-refractivity contribution in [3.63, 3.8) is 0 Å². The van der Waals surface area contributed by atoms with Gasteiger partial charge in [-0.1, -0.05) is 43.6 Å². The maximum Gasteiger partial charge on any atom is 0.281 e. The second kappa shape index (κ2) is 7.90. The maximum atomic E-state index is 12.3. The number of hydrogen-bond acceptors (Lipinski definition) is 4. The molecule has 2 heterocycles. The minimum atomic E-state index is -0.105. The monoisotopic (exact) mass is 391 g/mol. The van der Waals surface area contributed by atoms with E-state index in [9.17, 15) is 4.79 Å². The molecule has 1 aliphatic heterocycles. The van der Waals surface area contributed by atoms with Crippen LogP contribution >= 0.6 is 11.6 Å². The largest absolute Gasteiger partial charge is 0.360 e. The zero-order chi connectivity index (χ0) is 19.6. The van der Waals surface area contributed by atoms with E-state index < -0.39 is 0 Å². The summed E-state index contributed by atoms with van der Waals surface area (Å²) >= 11 is 6.14. The normalized spacial score (nSPS) is 15.8. The first-order valence-corrected chi connectivity index (χ1v) is 9.72. The van der Waals surface area contributed by atoms with Crippen molar-refractivity contribution in [3.05, 3.63) is 40.5 Å². The number of carbonyl (C=O) groups is 1. The number of amides is 1. The zero-order valence-electron chi connectivity index (χ0n) is 16.4. The molecule has 27 heavy (non-hydrogen) atoms. The molecule has 1 fully saturated rings. The van der Waals surface area contributed by atoms with Gasteiger partial charge in [0.1, 0.15) is 0 Å². The molecular weight excluding hydrogens is 364 g/mol. The number of nitrogens with zero attached hydrogens (tertiary/aromatic N) is 2. The predicted molar refractivity (Wildman–Crippen MR) is 108 cm³/mol. The molecule has 0 radical (unpaired) electrons. The van der Waals surface area contributed by atoms with Gasteiger partial charge in [0.05, 0.1) is 31.9 Å². The molecule has 1 amide bonds. The molecule has 3 rings (SSSR count). The molecule has 0 bridgehead atoms. The lowest BCUT2D eigenvalue weighted by molar-refractivity contribution is -0.892. The van der Waals surface area contributed by atoms with E-state index in [0.29, 0.717) is 12.4 Å². The second-order valence-corrected chi connectivity index (χ2v) is 8.66. The lowest BCUT2D eigenvalue weighted by atomic mass is 9.92. The molecule has 0 aliphatic carbocycles. The van der Waals surface area contributed by atoms with E-state index in [-0.39, 0.29) is 11.3 Å². The minimum Gasteiger partial charge on any atom is -0.360 e. The smallest absolute Gasteiger partial charge is 0.281 e. The standard InChI is InChI=1S/C20H27ClN4O2/c1-14-5-6-15(21)11-16(14)25-9-7-24(8-10-25)13-18(26)22-19-12-17(23-27-19)20(2,3)4/h5-6,11-12H,7-10,13H2,1-4H3,(H,22,26)/p+1. The third-order valence-corrected chi connectivity index (χ3v) is 5.17.